The summed E-state index contributed by atoms with van der Waals surface area (Å²) in [5, 5.41) is 2.76. The summed E-state index contributed by atoms with van der Waals surface area (Å²) in [6, 6.07) is 18.5. The minimum Gasteiger partial charge on any atom is -0.459 e. The molecule has 0 atom stereocenters. The number of amides is 2. The summed E-state index contributed by atoms with van der Waals surface area (Å²) < 4.78 is 5.09. The molecule has 2 amide bonds. The summed E-state index contributed by atoms with van der Waals surface area (Å²) >= 11 is 0. The van der Waals surface area contributed by atoms with Crippen molar-refractivity contribution >= 4 is 23.2 Å². The fourth-order valence-electron chi connectivity index (χ4n) is 3.93. The van der Waals surface area contributed by atoms with Gasteiger partial charge in [0.2, 0.25) is 0 Å². The van der Waals surface area contributed by atoms with Crippen molar-refractivity contribution in [1.29, 1.82) is 0 Å². The number of hydrogen-bond donors (Lipinski definition) is 1. The van der Waals surface area contributed by atoms with Crippen LogP contribution in [0.4, 0.5) is 11.4 Å². The molecule has 0 aliphatic carbocycles. The Hall–Kier alpha value is -3.54. The largest absolute Gasteiger partial charge is 0.459 e. The van der Waals surface area contributed by atoms with E-state index in [4.69, 9.17) is 4.42 Å². The van der Waals surface area contributed by atoms with Crippen molar-refractivity contribution < 1.29 is 14.0 Å². The second-order valence-electron chi connectivity index (χ2n) is 7.85. The van der Waals surface area contributed by atoms with E-state index in [0.29, 0.717) is 17.8 Å². The molecule has 6 heteroatoms. The molecule has 1 aromatic heterocycles. The summed E-state index contributed by atoms with van der Waals surface area (Å²) in [5.41, 5.74) is 3.56. The van der Waals surface area contributed by atoms with Gasteiger partial charge in [0.15, 0.2) is 5.76 Å². The molecule has 3 aromatic rings. The highest BCUT2D eigenvalue weighted by molar-refractivity contribution is 6.02. The number of para-hydroxylation sites is 1. The Balaban J connectivity index is 1.41. The highest BCUT2D eigenvalue weighted by atomic mass is 16.3. The molecule has 0 bridgehead atoms. The Bertz CT molecular complexity index is 1020. The van der Waals surface area contributed by atoms with E-state index in [9.17, 15) is 9.59 Å². The van der Waals surface area contributed by atoms with Gasteiger partial charge in [-0.15, -0.1) is 0 Å². The normalized spacial score (nSPS) is 13.6. The molecule has 2 aromatic carbocycles. The van der Waals surface area contributed by atoms with E-state index in [1.807, 2.05) is 13.1 Å². The first-order valence-electron chi connectivity index (χ1n) is 10.6. The summed E-state index contributed by atoms with van der Waals surface area (Å²) in [7, 11) is 1.82. The van der Waals surface area contributed by atoms with Crippen LogP contribution in [0.25, 0.3) is 0 Å². The molecule has 1 N–H and O–H groups in total. The molecule has 1 saturated heterocycles. The second-order valence-corrected chi connectivity index (χ2v) is 7.85. The van der Waals surface area contributed by atoms with Gasteiger partial charge in [-0.1, -0.05) is 18.2 Å². The van der Waals surface area contributed by atoms with Gasteiger partial charge < -0.3 is 19.5 Å². The SMILES string of the molecule is CN(Cc1ccccc1N1CCCCC1)C(=O)c1ccc(NC(=O)c2ccco2)cc1. The van der Waals surface area contributed by atoms with Crippen LogP contribution in [0.3, 0.4) is 0 Å². The third-order valence-corrected chi connectivity index (χ3v) is 5.58. The summed E-state index contributed by atoms with van der Waals surface area (Å²) in [5.74, 6) is -0.139. The van der Waals surface area contributed by atoms with Crippen molar-refractivity contribution in [3.63, 3.8) is 0 Å². The molecule has 31 heavy (non-hydrogen) atoms. The van der Waals surface area contributed by atoms with Crippen molar-refractivity contribution in [2.45, 2.75) is 25.8 Å². The first-order chi connectivity index (χ1) is 15.1. The zero-order valence-electron chi connectivity index (χ0n) is 17.7. The van der Waals surface area contributed by atoms with Crippen molar-refractivity contribution in [2.75, 3.05) is 30.4 Å². The quantitative estimate of drug-likeness (QED) is 0.626. The molecule has 4 rings (SSSR count). The van der Waals surface area contributed by atoms with Crippen LogP contribution < -0.4 is 10.2 Å². The number of nitrogens with zero attached hydrogens (tertiary/aromatic N) is 2. The predicted molar refractivity (Wildman–Crippen MR) is 121 cm³/mol. The van der Waals surface area contributed by atoms with Crippen LogP contribution in [0, 0.1) is 0 Å². The Labute approximate surface area is 182 Å². The van der Waals surface area contributed by atoms with E-state index >= 15 is 0 Å². The van der Waals surface area contributed by atoms with E-state index in [2.05, 4.69) is 28.4 Å². The number of benzene rings is 2. The van der Waals surface area contributed by atoms with E-state index in [1.54, 1.807) is 41.3 Å². The fourth-order valence-corrected chi connectivity index (χ4v) is 3.93. The zero-order chi connectivity index (χ0) is 21.6. The van der Waals surface area contributed by atoms with Crippen molar-refractivity contribution in [3.05, 3.63) is 83.8 Å². The lowest BCUT2D eigenvalue weighted by molar-refractivity contribution is 0.0785. The maximum atomic E-state index is 13.0. The highest BCUT2D eigenvalue weighted by Crippen LogP contribution is 2.25. The molecular formula is C25H27N3O3. The summed E-state index contributed by atoms with van der Waals surface area (Å²) in [6.07, 6.45) is 5.17. The lowest BCUT2D eigenvalue weighted by atomic mass is 10.1. The number of piperidine rings is 1. The lowest BCUT2D eigenvalue weighted by Gasteiger charge is -2.31. The van der Waals surface area contributed by atoms with Crippen LogP contribution in [-0.4, -0.2) is 36.9 Å². The van der Waals surface area contributed by atoms with Gasteiger partial charge in [0.25, 0.3) is 11.8 Å². The first kappa shape index (κ1) is 20.7. The minimum atomic E-state index is -0.324. The van der Waals surface area contributed by atoms with Gasteiger partial charge in [-0.2, -0.15) is 0 Å². The molecule has 0 unspecified atom stereocenters. The molecule has 6 nitrogen and oxygen atoms in total. The van der Waals surface area contributed by atoms with Crippen LogP contribution in [0.15, 0.2) is 71.3 Å². The van der Waals surface area contributed by atoms with Gasteiger partial charge in [0.1, 0.15) is 0 Å². The van der Waals surface area contributed by atoms with Gasteiger partial charge in [0.05, 0.1) is 6.26 Å². The van der Waals surface area contributed by atoms with E-state index < -0.39 is 0 Å². The van der Waals surface area contributed by atoms with Gasteiger partial charge >= 0.3 is 0 Å². The Morgan fingerprint density at radius 1 is 0.968 bits per heavy atom. The van der Waals surface area contributed by atoms with Gasteiger partial charge in [-0.25, -0.2) is 0 Å². The first-order valence-corrected chi connectivity index (χ1v) is 10.6. The third kappa shape index (κ3) is 4.97. The smallest absolute Gasteiger partial charge is 0.291 e. The van der Waals surface area contributed by atoms with Crippen LogP contribution in [0.5, 0.6) is 0 Å². The molecule has 2 heterocycles. The molecular weight excluding hydrogens is 390 g/mol. The molecule has 1 aliphatic rings. The molecule has 0 saturated carbocycles. The number of furan rings is 1. The fraction of sp³-hybridized carbons (Fsp3) is 0.280. The molecule has 1 fully saturated rings. The Kier molecular flexibility index (Phi) is 6.36. The van der Waals surface area contributed by atoms with Crippen LogP contribution >= 0.6 is 0 Å². The van der Waals surface area contributed by atoms with Crippen molar-refractivity contribution in [2.24, 2.45) is 0 Å². The average molecular weight is 418 g/mol. The third-order valence-electron chi connectivity index (χ3n) is 5.58. The standard InChI is InChI=1S/C25H27N3O3/c1-27(18-20-8-3-4-9-22(20)28-15-5-2-6-16-28)25(30)19-11-13-21(14-12-19)26-24(29)23-10-7-17-31-23/h3-4,7-14,17H,2,5-6,15-16,18H2,1H3,(H,26,29). The lowest BCUT2D eigenvalue weighted by Crippen LogP contribution is -2.32. The number of carbonyl (C=O) groups excluding carboxylic acids is 2. The number of carbonyl (C=O) groups is 2. The van der Waals surface area contributed by atoms with E-state index in [1.165, 1.54) is 31.2 Å². The summed E-state index contributed by atoms with van der Waals surface area (Å²) in [6.45, 7) is 2.68. The van der Waals surface area contributed by atoms with Crippen LogP contribution in [0.1, 0.15) is 45.7 Å². The number of nitrogens with one attached hydrogen (secondary N) is 1. The minimum absolute atomic E-state index is 0.0580. The molecule has 0 spiro atoms. The second kappa shape index (κ2) is 9.51. The van der Waals surface area contributed by atoms with Crippen molar-refractivity contribution in [3.8, 4) is 0 Å². The molecule has 1 aliphatic heterocycles. The average Bonchev–Trinajstić information content (AvgIpc) is 3.35. The van der Waals surface area contributed by atoms with Gasteiger partial charge in [-0.05, 0) is 67.3 Å². The predicted octanol–water partition coefficient (Wildman–Crippen LogP) is 4.79. The van der Waals surface area contributed by atoms with Crippen LogP contribution in [0.2, 0.25) is 0 Å². The topological polar surface area (TPSA) is 65.8 Å². The van der Waals surface area contributed by atoms with Gasteiger partial charge in [0, 0.05) is 43.6 Å². The maximum absolute atomic E-state index is 13.0. The van der Waals surface area contributed by atoms with Gasteiger partial charge in [-0.3, -0.25) is 9.59 Å². The van der Waals surface area contributed by atoms with Crippen molar-refractivity contribution in [1.82, 2.24) is 4.90 Å². The van der Waals surface area contributed by atoms with Crippen LogP contribution in [-0.2, 0) is 6.54 Å². The maximum Gasteiger partial charge on any atom is 0.291 e. The summed E-state index contributed by atoms with van der Waals surface area (Å²) in [4.78, 5) is 29.2. The Morgan fingerprint density at radius 2 is 1.71 bits per heavy atom. The van der Waals surface area contributed by atoms with E-state index in [0.717, 1.165) is 18.7 Å². The number of rotatable bonds is 6. The molecule has 0 radical (unpaired) electrons. The number of hydrogen-bond acceptors (Lipinski definition) is 4. The molecule has 160 valence electrons. The Morgan fingerprint density at radius 3 is 2.42 bits per heavy atom. The zero-order valence-corrected chi connectivity index (χ0v) is 17.7. The van der Waals surface area contributed by atoms with E-state index in [-0.39, 0.29) is 17.6 Å². The number of anilines is 2. The monoisotopic (exact) mass is 417 g/mol. The highest BCUT2D eigenvalue weighted by Gasteiger charge is 2.18.